The lowest BCUT2D eigenvalue weighted by atomic mass is 9.96. The van der Waals surface area contributed by atoms with Crippen LogP contribution in [0.15, 0.2) is 24.3 Å². The number of piperidine rings is 1. The highest BCUT2D eigenvalue weighted by Gasteiger charge is 2.30. The fourth-order valence-electron chi connectivity index (χ4n) is 3.31. The van der Waals surface area contributed by atoms with Gasteiger partial charge in [-0.25, -0.2) is 0 Å². The van der Waals surface area contributed by atoms with Crippen LogP contribution in [0.4, 0.5) is 0 Å². The van der Waals surface area contributed by atoms with Crippen molar-refractivity contribution in [2.75, 3.05) is 26.2 Å². The summed E-state index contributed by atoms with van der Waals surface area (Å²) in [4.78, 5) is 16.1. The van der Waals surface area contributed by atoms with E-state index in [0.717, 1.165) is 32.6 Å². The number of rotatable bonds is 5. The Balaban J connectivity index is 1.94. The minimum atomic E-state index is 0.221. The Morgan fingerprint density at radius 2 is 1.90 bits per heavy atom. The molecule has 0 aromatic heterocycles. The molecule has 1 fully saturated rings. The highest BCUT2D eigenvalue weighted by molar-refractivity contribution is 5.78. The maximum Gasteiger partial charge on any atom is 0.231 e. The Hall–Kier alpha value is -1.35. The maximum absolute atomic E-state index is 12.5. The van der Waals surface area contributed by atoms with Crippen LogP contribution < -0.4 is 4.90 Å². The normalized spacial score (nSPS) is 22.0. The summed E-state index contributed by atoms with van der Waals surface area (Å²) in [5, 5.41) is 0. The molecule has 1 aromatic carbocycles. The zero-order chi connectivity index (χ0) is 15.2. The van der Waals surface area contributed by atoms with Crippen molar-refractivity contribution >= 4 is 5.91 Å². The molecule has 1 unspecified atom stereocenters. The van der Waals surface area contributed by atoms with Gasteiger partial charge in [0.25, 0.3) is 0 Å². The summed E-state index contributed by atoms with van der Waals surface area (Å²) < 4.78 is 0. The highest BCUT2D eigenvalue weighted by Crippen LogP contribution is 2.12. The van der Waals surface area contributed by atoms with Gasteiger partial charge in [0, 0.05) is 18.7 Å². The van der Waals surface area contributed by atoms with Gasteiger partial charge >= 0.3 is 0 Å². The van der Waals surface area contributed by atoms with E-state index in [9.17, 15) is 4.79 Å². The number of hydrogen-bond donors (Lipinski definition) is 1. The second-order valence-electron chi connectivity index (χ2n) is 6.22. The second kappa shape index (κ2) is 7.60. The lowest BCUT2D eigenvalue weighted by molar-refractivity contribution is -0.921. The van der Waals surface area contributed by atoms with Gasteiger partial charge in [0.1, 0.15) is 6.54 Å². The maximum atomic E-state index is 12.5. The van der Waals surface area contributed by atoms with Crippen LogP contribution in [-0.2, 0) is 11.3 Å². The number of benzene rings is 1. The Labute approximate surface area is 128 Å². The van der Waals surface area contributed by atoms with E-state index in [-0.39, 0.29) is 5.92 Å². The van der Waals surface area contributed by atoms with Gasteiger partial charge in [-0.1, -0.05) is 29.8 Å². The number of amides is 1. The number of carbonyl (C=O) groups excluding carboxylic acids is 1. The van der Waals surface area contributed by atoms with E-state index in [0.29, 0.717) is 5.91 Å². The van der Waals surface area contributed by atoms with Crippen LogP contribution in [0.25, 0.3) is 0 Å². The van der Waals surface area contributed by atoms with Crippen LogP contribution in [0, 0.1) is 12.8 Å². The van der Waals surface area contributed by atoms with E-state index in [1.54, 1.807) is 4.90 Å². The standard InChI is InChI=1S/C18H28N2O/c1-4-20(5-2)18(21)17-7-6-12-19(14-17)13-16-10-8-15(3)9-11-16/h8-11,17H,4-7,12-14H2,1-3H3/p+1/t17-/m0/s1. The molecule has 0 bridgehead atoms. The predicted octanol–water partition coefficient (Wildman–Crippen LogP) is 1.66. The molecule has 0 radical (unpaired) electrons. The van der Waals surface area contributed by atoms with Gasteiger partial charge in [-0.05, 0) is 33.6 Å². The van der Waals surface area contributed by atoms with Gasteiger partial charge in [0.15, 0.2) is 0 Å². The third-order valence-electron chi connectivity index (χ3n) is 4.62. The first-order valence-corrected chi connectivity index (χ1v) is 8.32. The molecular weight excluding hydrogens is 260 g/mol. The number of carbonyl (C=O) groups is 1. The second-order valence-corrected chi connectivity index (χ2v) is 6.22. The predicted molar refractivity (Wildman–Crippen MR) is 86.2 cm³/mol. The molecule has 0 spiro atoms. The summed E-state index contributed by atoms with van der Waals surface area (Å²) in [7, 11) is 0. The molecule has 3 heteroatoms. The Morgan fingerprint density at radius 1 is 1.24 bits per heavy atom. The third kappa shape index (κ3) is 4.31. The van der Waals surface area contributed by atoms with Crippen molar-refractivity contribution < 1.29 is 9.69 Å². The van der Waals surface area contributed by atoms with Crippen molar-refractivity contribution in [1.29, 1.82) is 0 Å². The smallest absolute Gasteiger partial charge is 0.231 e. The summed E-state index contributed by atoms with van der Waals surface area (Å²) in [6.45, 7) is 11.2. The van der Waals surface area contributed by atoms with E-state index in [4.69, 9.17) is 0 Å². The van der Waals surface area contributed by atoms with Crippen molar-refractivity contribution in [2.45, 2.75) is 40.2 Å². The van der Waals surface area contributed by atoms with Crippen LogP contribution in [0.1, 0.15) is 37.8 Å². The van der Waals surface area contributed by atoms with Crippen LogP contribution >= 0.6 is 0 Å². The number of nitrogens with one attached hydrogen (secondary N) is 1. The molecule has 3 nitrogen and oxygen atoms in total. The van der Waals surface area contributed by atoms with E-state index in [1.807, 2.05) is 4.90 Å². The summed E-state index contributed by atoms with van der Waals surface area (Å²) in [6, 6.07) is 8.80. The number of quaternary nitrogens is 1. The molecule has 116 valence electrons. The summed E-state index contributed by atoms with van der Waals surface area (Å²) in [6.07, 6.45) is 2.23. The van der Waals surface area contributed by atoms with Crippen molar-refractivity contribution in [3.8, 4) is 0 Å². The number of hydrogen-bond acceptors (Lipinski definition) is 1. The van der Waals surface area contributed by atoms with Crippen LogP contribution in [0.5, 0.6) is 0 Å². The van der Waals surface area contributed by atoms with Gasteiger partial charge in [0.05, 0.1) is 19.0 Å². The molecule has 1 N–H and O–H groups in total. The zero-order valence-electron chi connectivity index (χ0n) is 13.7. The molecule has 1 amide bonds. The zero-order valence-corrected chi connectivity index (χ0v) is 13.7. The Bertz CT molecular complexity index is 451. The monoisotopic (exact) mass is 289 g/mol. The van der Waals surface area contributed by atoms with Gasteiger partial charge in [-0.3, -0.25) is 4.79 Å². The third-order valence-corrected chi connectivity index (χ3v) is 4.62. The lowest BCUT2D eigenvalue weighted by Gasteiger charge is -2.32. The van der Waals surface area contributed by atoms with E-state index >= 15 is 0 Å². The molecule has 0 aliphatic carbocycles. The molecule has 2 atom stereocenters. The van der Waals surface area contributed by atoms with E-state index < -0.39 is 0 Å². The minimum absolute atomic E-state index is 0.221. The molecule has 2 rings (SSSR count). The van der Waals surface area contributed by atoms with Crippen LogP contribution in [0.2, 0.25) is 0 Å². The topological polar surface area (TPSA) is 24.8 Å². The van der Waals surface area contributed by atoms with Gasteiger partial charge < -0.3 is 9.80 Å². The summed E-state index contributed by atoms with van der Waals surface area (Å²) in [5.41, 5.74) is 2.69. The van der Waals surface area contributed by atoms with Gasteiger partial charge in [-0.15, -0.1) is 0 Å². The molecule has 21 heavy (non-hydrogen) atoms. The van der Waals surface area contributed by atoms with Gasteiger partial charge in [-0.2, -0.15) is 0 Å². The Kier molecular flexibility index (Phi) is 5.80. The van der Waals surface area contributed by atoms with Crippen molar-refractivity contribution in [2.24, 2.45) is 5.92 Å². The largest absolute Gasteiger partial charge is 0.343 e. The average Bonchev–Trinajstić information content (AvgIpc) is 2.51. The molecule has 1 aromatic rings. The first-order chi connectivity index (χ1) is 10.1. The molecule has 1 saturated heterocycles. The van der Waals surface area contributed by atoms with E-state index in [1.165, 1.54) is 24.1 Å². The lowest BCUT2D eigenvalue weighted by Crippen LogP contribution is -3.12. The first kappa shape index (κ1) is 16.0. The highest BCUT2D eigenvalue weighted by atomic mass is 16.2. The SMILES string of the molecule is CCN(CC)C(=O)[C@H]1CCC[NH+](Cc2ccc(C)cc2)C1. The molecule has 0 saturated carbocycles. The summed E-state index contributed by atoms with van der Waals surface area (Å²) in [5.74, 6) is 0.584. The summed E-state index contributed by atoms with van der Waals surface area (Å²) >= 11 is 0. The number of aryl methyl sites for hydroxylation is 1. The minimum Gasteiger partial charge on any atom is -0.343 e. The average molecular weight is 289 g/mol. The van der Waals surface area contributed by atoms with Crippen molar-refractivity contribution in [1.82, 2.24) is 4.90 Å². The van der Waals surface area contributed by atoms with Crippen molar-refractivity contribution in [3.05, 3.63) is 35.4 Å². The quantitative estimate of drug-likeness (QED) is 0.876. The molecular formula is C18H29N2O+. The number of likely N-dealkylation sites (tertiary alicyclic amines) is 1. The fourth-order valence-corrected chi connectivity index (χ4v) is 3.31. The van der Waals surface area contributed by atoms with Crippen LogP contribution in [0.3, 0.4) is 0 Å². The number of nitrogens with zero attached hydrogens (tertiary/aromatic N) is 1. The van der Waals surface area contributed by atoms with Gasteiger partial charge in [0.2, 0.25) is 5.91 Å². The Morgan fingerprint density at radius 3 is 2.52 bits per heavy atom. The molecule has 1 heterocycles. The molecule has 1 aliphatic heterocycles. The fraction of sp³-hybridized carbons (Fsp3) is 0.611. The van der Waals surface area contributed by atoms with E-state index in [2.05, 4.69) is 45.0 Å². The van der Waals surface area contributed by atoms with Crippen molar-refractivity contribution in [3.63, 3.8) is 0 Å². The molecule has 1 aliphatic rings. The first-order valence-electron chi connectivity index (χ1n) is 8.32. The van der Waals surface area contributed by atoms with Crippen LogP contribution in [-0.4, -0.2) is 37.0 Å².